The largest absolute Gasteiger partial charge is 0.496 e. The van der Waals surface area contributed by atoms with Gasteiger partial charge in [-0.3, -0.25) is 10.6 Å². The average molecular weight is 422 g/mol. The molecule has 1 aliphatic heterocycles. The fourth-order valence-corrected chi connectivity index (χ4v) is 4.18. The predicted molar refractivity (Wildman–Crippen MR) is 128 cm³/mol. The molecule has 3 rings (SSSR count). The lowest BCUT2D eigenvalue weighted by Crippen LogP contribution is -2.34. The quantitative estimate of drug-likeness (QED) is 0.232. The van der Waals surface area contributed by atoms with Gasteiger partial charge in [-0.2, -0.15) is 0 Å². The second-order valence-corrected chi connectivity index (χ2v) is 8.31. The van der Waals surface area contributed by atoms with E-state index in [1.54, 1.807) is 7.11 Å². The van der Waals surface area contributed by atoms with Crippen molar-refractivity contribution in [2.75, 3.05) is 31.6 Å². The van der Waals surface area contributed by atoms with Crippen LogP contribution in [0.15, 0.2) is 54.7 Å². The van der Waals surface area contributed by atoms with E-state index in [4.69, 9.17) is 10.6 Å². The molecule has 0 atom stereocenters. The Morgan fingerprint density at radius 3 is 2.74 bits per heavy atom. The van der Waals surface area contributed by atoms with Gasteiger partial charge in [0.25, 0.3) is 0 Å². The van der Waals surface area contributed by atoms with Crippen molar-refractivity contribution in [3.05, 3.63) is 71.4 Å². The summed E-state index contributed by atoms with van der Waals surface area (Å²) in [6, 6.07) is 14.1. The third-order valence-corrected chi connectivity index (χ3v) is 5.97. The van der Waals surface area contributed by atoms with Crippen LogP contribution in [0.5, 0.6) is 5.75 Å². The van der Waals surface area contributed by atoms with E-state index in [1.165, 1.54) is 16.8 Å². The number of nitrogens with zero attached hydrogens (tertiary/aromatic N) is 2. The minimum absolute atomic E-state index is 0.234. The van der Waals surface area contributed by atoms with E-state index in [2.05, 4.69) is 29.7 Å². The molecule has 2 aromatic rings. The number of hydrogen-bond donors (Lipinski definition) is 1. The molecule has 0 fully saturated rings. The number of benzene rings is 2. The van der Waals surface area contributed by atoms with Gasteiger partial charge in [-0.25, -0.2) is 5.01 Å². The van der Waals surface area contributed by atoms with Crippen LogP contribution in [0, 0.1) is 0 Å². The number of ketones is 1. The van der Waals surface area contributed by atoms with Crippen molar-refractivity contribution in [3.8, 4) is 5.75 Å². The van der Waals surface area contributed by atoms with Crippen molar-refractivity contribution in [2.45, 2.75) is 45.4 Å². The zero-order valence-corrected chi connectivity index (χ0v) is 18.9. The van der Waals surface area contributed by atoms with Gasteiger partial charge in [0.15, 0.2) is 5.78 Å². The van der Waals surface area contributed by atoms with E-state index in [9.17, 15) is 4.79 Å². The number of ether oxygens (including phenoxy) is 1. The molecular formula is C26H35N3O2. The number of allylic oxidation sites excluding steroid dienone is 1. The van der Waals surface area contributed by atoms with Crippen LogP contribution in [-0.2, 0) is 12.8 Å². The van der Waals surface area contributed by atoms with Gasteiger partial charge in [0.2, 0.25) is 0 Å². The molecule has 1 aliphatic rings. The van der Waals surface area contributed by atoms with Crippen LogP contribution in [0.25, 0.3) is 0 Å². The molecule has 166 valence electrons. The first kappa shape index (κ1) is 23.0. The number of methoxy groups -OCH3 is 1. The summed E-state index contributed by atoms with van der Waals surface area (Å²) in [5.74, 6) is 7.29. The first-order valence-corrected chi connectivity index (χ1v) is 11.2. The number of anilines is 1. The molecule has 0 bridgehead atoms. The molecule has 31 heavy (non-hydrogen) atoms. The number of carbonyl (C=O) groups is 1. The standard InChI is InChI=1S/C26H35N3O2/c1-20(2)29-18-15-22-19-23(12-13-24(22)29)25(30)10-5-4-8-16-28(27)17-14-21-9-6-7-11-26(21)31-3/h6-7,9,11-13,19H,1,4-5,8,10,14-18,27H2,2-3H3. The molecule has 0 spiro atoms. The Kier molecular flexibility index (Phi) is 8.27. The summed E-state index contributed by atoms with van der Waals surface area (Å²) in [6.45, 7) is 8.64. The van der Waals surface area contributed by atoms with E-state index >= 15 is 0 Å². The highest BCUT2D eigenvalue weighted by molar-refractivity contribution is 5.96. The van der Waals surface area contributed by atoms with Crippen LogP contribution in [0.2, 0.25) is 0 Å². The van der Waals surface area contributed by atoms with E-state index in [0.717, 1.165) is 68.7 Å². The van der Waals surface area contributed by atoms with Crippen LogP contribution < -0.4 is 15.5 Å². The number of unbranched alkanes of at least 4 members (excludes halogenated alkanes) is 2. The zero-order valence-electron chi connectivity index (χ0n) is 18.9. The maximum absolute atomic E-state index is 12.6. The smallest absolute Gasteiger partial charge is 0.162 e. The van der Waals surface area contributed by atoms with Gasteiger partial charge in [0, 0.05) is 43.0 Å². The normalized spacial score (nSPS) is 12.8. The Hall–Kier alpha value is -2.63. The molecule has 2 aromatic carbocycles. The summed E-state index contributed by atoms with van der Waals surface area (Å²) in [6.07, 6.45) is 5.32. The summed E-state index contributed by atoms with van der Waals surface area (Å²) >= 11 is 0. The highest BCUT2D eigenvalue weighted by Crippen LogP contribution is 2.31. The number of carbonyl (C=O) groups excluding carboxylic acids is 1. The van der Waals surface area contributed by atoms with Crippen molar-refractivity contribution in [2.24, 2.45) is 5.84 Å². The van der Waals surface area contributed by atoms with Gasteiger partial charge in [-0.05, 0) is 68.0 Å². The average Bonchev–Trinajstić information content (AvgIpc) is 3.21. The van der Waals surface area contributed by atoms with Crippen LogP contribution in [0.3, 0.4) is 0 Å². The monoisotopic (exact) mass is 421 g/mol. The third-order valence-electron chi connectivity index (χ3n) is 5.97. The second-order valence-electron chi connectivity index (χ2n) is 8.31. The first-order valence-electron chi connectivity index (χ1n) is 11.2. The van der Waals surface area contributed by atoms with Crippen molar-refractivity contribution >= 4 is 11.5 Å². The molecular weight excluding hydrogens is 386 g/mol. The maximum Gasteiger partial charge on any atom is 0.162 e. The molecule has 0 aromatic heterocycles. The van der Waals surface area contributed by atoms with Gasteiger partial charge in [0.05, 0.1) is 7.11 Å². The Morgan fingerprint density at radius 1 is 1.16 bits per heavy atom. The number of para-hydroxylation sites is 1. The first-order chi connectivity index (χ1) is 15.0. The molecule has 0 aliphatic carbocycles. The van der Waals surface area contributed by atoms with E-state index in [0.29, 0.717) is 6.42 Å². The third kappa shape index (κ3) is 6.18. The Morgan fingerprint density at radius 2 is 1.97 bits per heavy atom. The van der Waals surface area contributed by atoms with E-state index in [-0.39, 0.29) is 5.78 Å². The summed E-state index contributed by atoms with van der Waals surface area (Å²) in [4.78, 5) is 14.8. The number of hydrogen-bond acceptors (Lipinski definition) is 5. The zero-order chi connectivity index (χ0) is 22.2. The Bertz CT molecular complexity index is 909. The minimum Gasteiger partial charge on any atom is -0.496 e. The van der Waals surface area contributed by atoms with Crippen molar-refractivity contribution in [1.82, 2.24) is 5.01 Å². The molecule has 0 amide bonds. The maximum atomic E-state index is 12.6. The molecule has 0 radical (unpaired) electrons. The molecule has 5 nitrogen and oxygen atoms in total. The summed E-state index contributed by atoms with van der Waals surface area (Å²) in [7, 11) is 1.69. The van der Waals surface area contributed by atoms with Crippen LogP contribution in [0.1, 0.15) is 54.1 Å². The van der Waals surface area contributed by atoms with Crippen molar-refractivity contribution in [3.63, 3.8) is 0 Å². The lowest BCUT2D eigenvalue weighted by atomic mass is 10.0. The van der Waals surface area contributed by atoms with Crippen LogP contribution in [-0.4, -0.2) is 37.5 Å². The molecule has 5 heteroatoms. The Labute approximate surface area is 186 Å². The Balaban J connectivity index is 1.35. The fraction of sp³-hybridized carbons (Fsp3) is 0.423. The summed E-state index contributed by atoms with van der Waals surface area (Å²) in [5.41, 5.74) is 5.50. The molecule has 0 unspecified atom stereocenters. The van der Waals surface area contributed by atoms with Gasteiger partial charge < -0.3 is 9.64 Å². The molecule has 2 N–H and O–H groups in total. The molecule has 0 saturated carbocycles. The second kappa shape index (κ2) is 11.1. The number of nitrogens with two attached hydrogens (primary N) is 1. The van der Waals surface area contributed by atoms with Gasteiger partial charge in [-0.15, -0.1) is 0 Å². The lowest BCUT2D eigenvalue weighted by Gasteiger charge is -2.19. The van der Waals surface area contributed by atoms with Gasteiger partial charge >= 0.3 is 0 Å². The summed E-state index contributed by atoms with van der Waals surface area (Å²) in [5, 5.41) is 1.86. The fourth-order valence-electron chi connectivity index (χ4n) is 4.18. The summed E-state index contributed by atoms with van der Waals surface area (Å²) < 4.78 is 5.39. The van der Waals surface area contributed by atoms with Gasteiger partial charge in [-0.1, -0.05) is 31.2 Å². The predicted octanol–water partition coefficient (Wildman–Crippen LogP) is 4.75. The topological polar surface area (TPSA) is 58.8 Å². The molecule has 0 saturated heterocycles. The van der Waals surface area contributed by atoms with E-state index < -0.39 is 0 Å². The van der Waals surface area contributed by atoms with Crippen molar-refractivity contribution in [1.29, 1.82) is 0 Å². The van der Waals surface area contributed by atoms with Crippen molar-refractivity contribution < 1.29 is 9.53 Å². The van der Waals surface area contributed by atoms with Crippen LogP contribution in [0.4, 0.5) is 5.69 Å². The van der Waals surface area contributed by atoms with E-state index in [1.807, 2.05) is 36.2 Å². The molecule has 1 heterocycles. The van der Waals surface area contributed by atoms with Crippen LogP contribution >= 0.6 is 0 Å². The SMILES string of the molecule is C=C(C)N1CCc2cc(C(=O)CCCCCN(N)CCc3ccccc3OC)ccc21. The highest BCUT2D eigenvalue weighted by Gasteiger charge is 2.20. The number of Topliss-reactive ketones (excluding diaryl/α,β-unsaturated/α-hetero) is 1. The lowest BCUT2D eigenvalue weighted by molar-refractivity contribution is 0.0978. The minimum atomic E-state index is 0.234. The number of rotatable bonds is 12. The van der Waals surface area contributed by atoms with Gasteiger partial charge in [0.1, 0.15) is 5.75 Å². The highest BCUT2D eigenvalue weighted by atomic mass is 16.5. The number of hydrazine groups is 1. The number of fused-ring (bicyclic) bond motifs is 1.